The molecule has 1 fully saturated rings. The Morgan fingerprint density at radius 2 is 1.69 bits per heavy atom. The lowest BCUT2D eigenvalue weighted by Crippen LogP contribution is -2.49. The first-order valence-corrected chi connectivity index (χ1v) is 10.7. The molecule has 32 heavy (non-hydrogen) atoms. The summed E-state index contributed by atoms with van der Waals surface area (Å²) in [7, 11) is 0. The third-order valence-corrected chi connectivity index (χ3v) is 6.15. The van der Waals surface area contributed by atoms with Gasteiger partial charge in [-0.2, -0.15) is 0 Å². The van der Waals surface area contributed by atoms with E-state index >= 15 is 0 Å². The van der Waals surface area contributed by atoms with Crippen LogP contribution < -0.4 is 5.73 Å². The Hall–Kier alpha value is -3.66. The molecule has 3 rings (SSSR count). The van der Waals surface area contributed by atoms with Gasteiger partial charge in [-0.1, -0.05) is 30.0 Å². The van der Waals surface area contributed by atoms with Gasteiger partial charge in [-0.3, -0.25) is 24.5 Å². The lowest BCUT2D eigenvalue weighted by molar-refractivity contribution is -0.387. The number of nitrogens with two attached hydrogens (primary N) is 1. The summed E-state index contributed by atoms with van der Waals surface area (Å²) in [6.45, 7) is 3.35. The van der Waals surface area contributed by atoms with Crippen LogP contribution in [0.3, 0.4) is 0 Å². The number of nitro groups is 1. The number of primary amides is 1. The molecule has 10 heteroatoms. The number of nitro benzene ring substituents is 1. The molecule has 166 valence electrons. The van der Waals surface area contributed by atoms with Gasteiger partial charge in [0.05, 0.1) is 15.4 Å². The second-order valence-corrected chi connectivity index (χ2v) is 8.20. The molecule has 0 spiro atoms. The Labute approximate surface area is 189 Å². The van der Waals surface area contributed by atoms with Crippen molar-refractivity contribution in [1.29, 1.82) is 0 Å². The highest BCUT2D eigenvalue weighted by molar-refractivity contribution is 7.99. The number of carbonyl (C=O) groups excluding carboxylic acids is 3. The van der Waals surface area contributed by atoms with Crippen LogP contribution in [-0.4, -0.2) is 58.6 Å². The van der Waals surface area contributed by atoms with Gasteiger partial charge >= 0.3 is 0 Å². The number of amides is 3. The minimum absolute atomic E-state index is 0.0173. The molecule has 0 aliphatic carbocycles. The van der Waals surface area contributed by atoms with Gasteiger partial charge in [-0.15, -0.1) is 0 Å². The van der Waals surface area contributed by atoms with E-state index in [4.69, 9.17) is 5.73 Å². The van der Waals surface area contributed by atoms with Crippen LogP contribution in [0.1, 0.15) is 22.8 Å². The smallest absolute Gasteiger partial charge is 0.283 e. The Kier molecular flexibility index (Phi) is 7.26. The number of piperazine rings is 1. The lowest BCUT2D eigenvalue weighted by atomic mass is 10.2. The van der Waals surface area contributed by atoms with Crippen molar-refractivity contribution in [2.75, 3.05) is 26.2 Å². The molecule has 0 atom stereocenters. The number of rotatable bonds is 6. The molecule has 0 saturated carbocycles. The monoisotopic (exact) mass is 454 g/mol. The molecule has 2 aromatic carbocycles. The summed E-state index contributed by atoms with van der Waals surface area (Å²) in [6.07, 6.45) is 2.90. The van der Waals surface area contributed by atoms with Crippen LogP contribution in [-0.2, 0) is 9.59 Å². The van der Waals surface area contributed by atoms with E-state index in [1.54, 1.807) is 46.2 Å². The van der Waals surface area contributed by atoms with Gasteiger partial charge in [0.1, 0.15) is 0 Å². The summed E-state index contributed by atoms with van der Waals surface area (Å²) in [5.41, 5.74) is 6.04. The van der Waals surface area contributed by atoms with Crippen LogP contribution in [0.15, 0.2) is 58.3 Å². The van der Waals surface area contributed by atoms with Gasteiger partial charge in [0.15, 0.2) is 0 Å². The summed E-state index contributed by atoms with van der Waals surface area (Å²) in [5.74, 6) is -0.848. The number of nitrogens with zero attached hydrogens (tertiary/aromatic N) is 3. The highest BCUT2D eigenvalue weighted by Crippen LogP contribution is 2.37. The summed E-state index contributed by atoms with van der Waals surface area (Å²) in [4.78, 5) is 50.8. The van der Waals surface area contributed by atoms with Crippen LogP contribution in [0.25, 0.3) is 6.08 Å². The largest absolute Gasteiger partial charge is 0.366 e. The minimum Gasteiger partial charge on any atom is -0.366 e. The van der Waals surface area contributed by atoms with Gasteiger partial charge in [-0.05, 0) is 29.8 Å². The van der Waals surface area contributed by atoms with Crippen molar-refractivity contribution in [3.63, 3.8) is 0 Å². The number of hydrogen-bond acceptors (Lipinski definition) is 6. The first-order valence-electron chi connectivity index (χ1n) is 9.84. The van der Waals surface area contributed by atoms with Crippen molar-refractivity contribution in [2.24, 2.45) is 5.73 Å². The van der Waals surface area contributed by atoms with Crippen LogP contribution in [0.5, 0.6) is 0 Å². The average molecular weight is 455 g/mol. The van der Waals surface area contributed by atoms with Crippen LogP contribution in [0.4, 0.5) is 5.69 Å². The zero-order valence-corrected chi connectivity index (χ0v) is 18.2. The molecule has 2 N–H and O–H groups in total. The van der Waals surface area contributed by atoms with Crippen molar-refractivity contribution >= 4 is 41.2 Å². The molecule has 3 amide bonds. The number of hydrogen-bond donors (Lipinski definition) is 1. The predicted octanol–water partition coefficient (Wildman–Crippen LogP) is 2.55. The minimum atomic E-state index is -0.613. The van der Waals surface area contributed by atoms with Gasteiger partial charge < -0.3 is 15.5 Å². The zero-order valence-electron chi connectivity index (χ0n) is 17.4. The molecule has 1 heterocycles. The van der Waals surface area contributed by atoms with Crippen LogP contribution >= 0.6 is 11.8 Å². The molecular formula is C22H22N4O5S. The highest BCUT2D eigenvalue weighted by Gasteiger charge is 2.21. The predicted molar refractivity (Wildman–Crippen MR) is 120 cm³/mol. The fourth-order valence-electron chi connectivity index (χ4n) is 3.26. The van der Waals surface area contributed by atoms with E-state index in [2.05, 4.69) is 0 Å². The van der Waals surface area contributed by atoms with Crippen molar-refractivity contribution in [3.05, 3.63) is 69.8 Å². The van der Waals surface area contributed by atoms with E-state index in [-0.39, 0.29) is 23.1 Å². The summed E-state index contributed by atoms with van der Waals surface area (Å²) in [5, 5.41) is 11.6. The Bertz CT molecular complexity index is 1090. The summed E-state index contributed by atoms with van der Waals surface area (Å²) < 4.78 is 0. The molecule has 0 radical (unpaired) electrons. The van der Waals surface area contributed by atoms with E-state index in [1.807, 2.05) is 0 Å². The van der Waals surface area contributed by atoms with Gasteiger partial charge in [0.25, 0.3) is 5.69 Å². The molecule has 0 aromatic heterocycles. The van der Waals surface area contributed by atoms with E-state index < -0.39 is 10.8 Å². The maximum absolute atomic E-state index is 12.4. The number of carbonyl (C=O) groups is 3. The Morgan fingerprint density at radius 1 is 1.03 bits per heavy atom. The van der Waals surface area contributed by atoms with E-state index in [1.165, 1.54) is 25.1 Å². The Morgan fingerprint density at radius 3 is 2.31 bits per heavy atom. The van der Waals surface area contributed by atoms with Gasteiger partial charge in [-0.25, -0.2) is 0 Å². The Balaban J connectivity index is 1.75. The first-order chi connectivity index (χ1) is 15.3. The quantitative estimate of drug-likeness (QED) is 0.406. The van der Waals surface area contributed by atoms with Crippen molar-refractivity contribution < 1.29 is 19.3 Å². The lowest BCUT2D eigenvalue weighted by Gasteiger charge is -2.33. The van der Waals surface area contributed by atoms with Crippen molar-refractivity contribution in [3.8, 4) is 0 Å². The van der Waals surface area contributed by atoms with Crippen molar-refractivity contribution in [2.45, 2.75) is 16.7 Å². The standard InChI is InChI=1S/C22H22N4O5S/c1-15(27)24-10-12-25(13-11-24)21(28)9-7-16-6-8-20(18(14-16)26(30)31)32-19-5-3-2-4-17(19)22(23)29/h2-9,14H,10-13H2,1H3,(H2,23,29)/b9-7+. The first kappa shape index (κ1) is 23.0. The maximum Gasteiger partial charge on any atom is 0.283 e. The SMILES string of the molecule is CC(=O)N1CCN(C(=O)/C=C/c2ccc(Sc3ccccc3C(N)=O)c([N+](=O)[O-])c2)CC1. The second kappa shape index (κ2) is 10.1. The topological polar surface area (TPSA) is 127 Å². The van der Waals surface area contributed by atoms with Crippen LogP contribution in [0, 0.1) is 10.1 Å². The third-order valence-electron chi connectivity index (χ3n) is 5.01. The fraction of sp³-hybridized carbons (Fsp3) is 0.227. The molecule has 2 aromatic rings. The third kappa shape index (κ3) is 5.52. The van der Waals surface area contributed by atoms with Gasteiger partial charge in [0, 0.05) is 50.1 Å². The highest BCUT2D eigenvalue weighted by atomic mass is 32.2. The zero-order chi connectivity index (χ0) is 23.3. The van der Waals surface area contributed by atoms with E-state index in [0.717, 1.165) is 11.8 Å². The molecule has 1 aliphatic rings. The van der Waals surface area contributed by atoms with E-state index in [0.29, 0.717) is 41.5 Å². The van der Waals surface area contributed by atoms with Gasteiger partial charge in [0.2, 0.25) is 17.7 Å². The fourth-order valence-corrected chi connectivity index (χ4v) is 4.30. The summed E-state index contributed by atoms with van der Waals surface area (Å²) >= 11 is 1.08. The molecule has 0 unspecified atom stereocenters. The molecule has 1 aliphatic heterocycles. The maximum atomic E-state index is 12.4. The van der Waals surface area contributed by atoms with Crippen molar-refractivity contribution in [1.82, 2.24) is 9.80 Å². The molecule has 9 nitrogen and oxygen atoms in total. The van der Waals surface area contributed by atoms with Crippen LogP contribution in [0.2, 0.25) is 0 Å². The molecule has 1 saturated heterocycles. The number of benzene rings is 2. The van der Waals surface area contributed by atoms with E-state index in [9.17, 15) is 24.5 Å². The molecular weight excluding hydrogens is 432 g/mol. The summed E-state index contributed by atoms with van der Waals surface area (Å²) in [6, 6.07) is 11.3. The molecule has 0 bridgehead atoms. The normalized spacial score (nSPS) is 13.9. The second-order valence-electron chi connectivity index (χ2n) is 7.11. The average Bonchev–Trinajstić information content (AvgIpc) is 2.78.